The third-order valence-corrected chi connectivity index (χ3v) is 9.46. The number of hydrogen-bond donors (Lipinski definition) is 4. The molecule has 15 heteroatoms. The molecule has 0 radical (unpaired) electrons. The highest BCUT2D eigenvalue weighted by molar-refractivity contribution is 7.92. The zero-order valence-corrected chi connectivity index (χ0v) is 21.1. The van der Waals surface area contributed by atoms with Crippen LogP contribution >= 0.6 is 19.2 Å². The van der Waals surface area contributed by atoms with E-state index in [1.165, 1.54) is 17.3 Å². The van der Waals surface area contributed by atoms with Gasteiger partial charge in [0.05, 0.1) is 22.3 Å². The van der Waals surface area contributed by atoms with Crippen molar-refractivity contribution in [3.63, 3.8) is 0 Å². The van der Waals surface area contributed by atoms with Crippen molar-refractivity contribution in [3.05, 3.63) is 21.4 Å². The number of fused-ring (bicyclic) bond motifs is 1. The highest BCUT2D eigenvalue weighted by Crippen LogP contribution is 2.50. The van der Waals surface area contributed by atoms with Crippen LogP contribution in [0.2, 0.25) is 0 Å². The van der Waals surface area contributed by atoms with E-state index in [1.54, 1.807) is 6.07 Å². The van der Waals surface area contributed by atoms with Gasteiger partial charge in [0.15, 0.2) is 14.6 Å². The number of nitrogens with one attached hydrogen (secondary N) is 1. The third kappa shape index (κ3) is 6.11. The quantitative estimate of drug-likeness (QED) is 0.157. The van der Waals surface area contributed by atoms with E-state index in [0.29, 0.717) is 15.3 Å². The normalized spacial score (nSPS) is 22.9. The fourth-order valence-corrected chi connectivity index (χ4v) is 5.57. The lowest BCUT2D eigenvalue weighted by Gasteiger charge is -2.27. The van der Waals surface area contributed by atoms with E-state index in [2.05, 4.69) is 28.2 Å². The molecule has 190 valence electrons. The Morgan fingerprint density at radius 3 is 2.71 bits per heavy atom. The lowest BCUT2D eigenvalue weighted by atomic mass is 10.1. The van der Waals surface area contributed by atoms with Crippen LogP contribution in [-0.4, -0.2) is 69.9 Å². The van der Waals surface area contributed by atoms with E-state index in [0.717, 1.165) is 17.6 Å². The summed E-state index contributed by atoms with van der Waals surface area (Å²) in [4.78, 5) is 44.3. The zero-order valence-electron chi connectivity index (χ0n) is 18.6. The number of amides is 2. The molecule has 1 aromatic rings. The molecule has 1 aliphatic carbocycles. The summed E-state index contributed by atoms with van der Waals surface area (Å²) in [6, 6.07) is 1.69. The van der Waals surface area contributed by atoms with Crippen molar-refractivity contribution >= 4 is 40.8 Å². The molecule has 3 rings (SSSR count). The molecule has 1 aliphatic heterocycles. The predicted octanol–water partition coefficient (Wildman–Crippen LogP) is 0.595. The number of carbonyl (C=O) groups is 2. The minimum absolute atomic E-state index is 0.0162. The Labute approximate surface area is 204 Å². The Morgan fingerprint density at radius 2 is 2.14 bits per heavy atom. The number of thiophene rings is 1. The molecule has 0 aromatic carbocycles. The zero-order chi connectivity index (χ0) is 26.2. The van der Waals surface area contributed by atoms with Gasteiger partial charge in [-0.15, -0.1) is 11.3 Å². The largest absolute Gasteiger partial charge is 0.469 e. The van der Waals surface area contributed by atoms with Crippen molar-refractivity contribution in [2.75, 3.05) is 19.4 Å². The first-order valence-electron chi connectivity index (χ1n) is 10.1. The highest BCUT2D eigenvalue weighted by atomic mass is 32.2. The van der Waals surface area contributed by atoms with Crippen LogP contribution in [0.15, 0.2) is 6.07 Å². The number of rotatable bonds is 8. The number of carbonyl (C=O) groups excluding carboxylic acids is 2. The summed E-state index contributed by atoms with van der Waals surface area (Å²) in [7, 11) is -8.64. The van der Waals surface area contributed by atoms with Crippen molar-refractivity contribution in [1.29, 1.82) is 0 Å². The maximum atomic E-state index is 14.2. The number of nitrogens with zero attached hydrogens (tertiary/aromatic N) is 1. The minimum atomic E-state index is -4.76. The van der Waals surface area contributed by atoms with Crippen molar-refractivity contribution in [1.82, 2.24) is 10.4 Å². The molecule has 3 atom stereocenters. The van der Waals surface area contributed by atoms with E-state index in [1.807, 2.05) is 0 Å². The average Bonchev–Trinajstić information content (AvgIpc) is 3.08. The molecule has 4 N–H and O–H groups in total. The molecule has 0 bridgehead atoms. The molecule has 2 amide bonds. The van der Waals surface area contributed by atoms with Crippen LogP contribution in [0.25, 0.3) is 0 Å². The Hall–Kier alpha value is -2.29. The molecule has 2 heterocycles. The van der Waals surface area contributed by atoms with Crippen molar-refractivity contribution in [2.24, 2.45) is 5.92 Å². The average molecular weight is 549 g/mol. The minimum Gasteiger partial charge on any atom is -0.333 e. The SMILES string of the molecule is C[C@@](CCN1Cc2cc(C#CC#C[C@H]3C[C@]3(F)COP(=O)(O)O)sc2C1=O)(C(=O)NO)S(C)(=O)=O. The van der Waals surface area contributed by atoms with Gasteiger partial charge in [-0.25, -0.2) is 22.9 Å². The summed E-state index contributed by atoms with van der Waals surface area (Å²) in [5, 5.41) is 8.90. The van der Waals surface area contributed by atoms with Gasteiger partial charge >= 0.3 is 7.82 Å². The van der Waals surface area contributed by atoms with Crippen LogP contribution < -0.4 is 5.48 Å². The van der Waals surface area contributed by atoms with Crippen LogP contribution in [0.1, 0.15) is 39.9 Å². The van der Waals surface area contributed by atoms with E-state index in [4.69, 9.17) is 15.0 Å². The number of alkyl halides is 1. The van der Waals surface area contributed by atoms with Gasteiger partial charge < -0.3 is 14.7 Å². The van der Waals surface area contributed by atoms with Crippen molar-refractivity contribution in [3.8, 4) is 23.7 Å². The standard InChI is InChI=1S/C20H22FN2O9PS2/c1-19(18(25)22-26,35(2,30)31)7-8-23-11-13-9-15(34-16(13)17(23)24)6-4-3-5-14-10-20(14,21)12-32-33(27,28)29/h9,14,26H,7-8,10-12H2,1-2H3,(H,22,25)(H2,27,28,29)/t14-,19+,20-/m0/s1. The van der Waals surface area contributed by atoms with Gasteiger partial charge in [-0.3, -0.25) is 19.3 Å². The molecule has 1 fully saturated rings. The fourth-order valence-electron chi connectivity index (χ4n) is 3.35. The molecule has 0 unspecified atom stereocenters. The molecule has 1 saturated carbocycles. The molecule has 2 aliphatic rings. The number of hydrogen-bond acceptors (Lipinski definition) is 8. The number of halogens is 1. The summed E-state index contributed by atoms with van der Waals surface area (Å²) in [6.45, 7) is 0.596. The first-order chi connectivity index (χ1) is 16.1. The van der Waals surface area contributed by atoms with Gasteiger partial charge in [0, 0.05) is 25.8 Å². The summed E-state index contributed by atoms with van der Waals surface area (Å²) < 4.78 is 51.3. The monoisotopic (exact) mass is 548 g/mol. The van der Waals surface area contributed by atoms with Crippen LogP contribution in [-0.2, 0) is 30.3 Å². The summed E-state index contributed by atoms with van der Waals surface area (Å²) in [5.74, 6) is 8.23. The predicted molar refractivity (Wildman–Crippen MR) is 121 cm³/mol. The maximum Gasteiger partial charge on any atom is 0.469 e. The second kappa shape index (κ2) is 9.64. The first kappa shape index (κ1) is 27.3. The first-order valence-corrected chi connectivity index (χ1v) is 14.3. The Bertz CT molecular complexity index is 1330. The topological polar surface area (TPSA) is 171 Å². The molecule has 11 nitrogen and oxygen atoms in total. The third-order valence-electron chi connectivity index (χ3n) is 5.89. The molecule has 0 saturated heterocycles. The van der Waals surface area contributed by atoms with E-state index >= 15 is 0 Å². The second-order valence-electron chi connectivity index (χ2n) is 8.46. The van der Waals surface area contributed by atoms with Gasteiger partial charge in [0.2, 0.25) is 0 Å². The summed E-state index contributed by atoms with van der Waals surface area (Å²) in [6.07, 6.45) is 0.654. The number of phosphoric acid groups is 1. The molecule has 0 spiro atoms. The van der Waals surface area contributed by atoms with Crippen molar-refractivity contribution in [2.45, 2.75) is 36.7 Å². The van der Waals surface area contributed by atoms with Crippen LogP contribution in [0.4, 0.5) is 4.39 Å². The van der Waals surface area contributed by atoms with E-state index in [9.17, 15) is 27.0 Å². The van der Waals surface area contributed by atoms with Gasteiger partial charge in [0.1, 0.15) is 5.67 Å². The molecule has 35 heavy (non-hydrogen) atoms. The van der Waals surface area contributed by atoms with Gasteiger partial charge in [-0.1, -0.05) is 5.92 Å². The van der Waals surface area contributed by atoms with Gasteiger partial charge in [-0.05, 0) is 42.7 Å². The van der Waals surface area contributed by atoms with Gasteiger partial charge in [-0.2, -0.15) is 0 Å². The summed E-state index contributed by atoms with van der Waals surface area (Å²) in [5.41, 5.74) is 0.135. The lowest BCUT2D eigenvalue weighted by molar-refractivity contribution is -0.131. The van der Waals surface area contributed by atoms with Crippen molar-refractivity contribution < 1.29 is 46.5 Å². The van der Waals surface area contributed by atoms with Gasteiger partial charge in [0.25, 0.3) is 11.8 Å². The second-order valence-corrected chi connectivity index (χ2v) is 13.2. The lowest BCUT2D eigenvalue weighted by Crippen LogP contribution is -2.50. The molecule has 1 aromatic heterocycles. The Kier molecular flexibility index (Phi) is 7.52. The van der Waals surface area contributed by atoms with Crippen LogP contribution in [0.3, 0.4) is 0 Å². The smallest absolute Gasteiger partial charge is 0.333 e. The number of hydroxylamine groups is 1. The Balaban J connectivity index is 1.59. The number of sulfone groups is 1. The van der Waals surface area contributed by atoms with E-state index < -0.39 is 46.5 Å². The van der Waals surface area contributed by atoms with Crippen LogP contribution in [0.5, 0.6) is 0 Å². The van der Waals surface area contributed by atoms with Crippen LogP contribution in [0, 0.1) is 29.6 Å². The molecular formula is C20H22FN2O9PS2. The fraction of sp³-hybridized carbons (Fsp3) is 0.500. The maximum absolute atomic E-state index is 14.2. The number of phosphoric ester groups is 1. The highest BCUT2D eigenvalue weighted by Gasteiger charge is 2.56. The molecular weight excluding hydrogens is 526 g/mol. The Morgan fingerprint density at radius 1 is 1.46 bits per heavy atom. The van der Waals surface area contributed by atoms with E-state index in [-0.39, 0.29) is 31.8 Å². The summed E-state index contributed by atoms with van der Waals surface area (Å²) >= 11 is 1.12.